The number of amides is 2. The summed E-state index contributed by atoms with van der Waals surface area (Å²) in [4.78, 5) is 26.7. The van der Waals surface area contributed by atoms with Gasteiger partial charge in [-0.1, -0.05) is 43.2 Å². The van der Waals surface area contributed by atoms with Crippen molar-refractivity contribution in [2.45, 2.75) is 43.7 Å². The van der Waals surface area contributed by atoms with Crippen LogP contribution in [0.5, 0.6) is 0 Å². The highest BCUT2D eigenvalue weighted by Gasteiger charge is 2.51. The van der Waals surface area contributed by atoms with Crippen LogP contribution in [0.3, 0.4) is 0 Å². The van der Waals surface area contributed by atoms with Gasteiger partial charge in [-0.3, -0.25) is 9.59 Å². The first kappa shape index (κ1) is 13.2. The third kappa shape index (κ3) is 1.99. The van der Waals surface area contributed by atoms with Gasteiger partial charge in [-0.15, -0.1) is 0 Å². The molecule has 1 heterocycles. The van der Waals surface area contributed by atoms with E-state index in [0.29, 0.717) is 6.42 Å². The number of benzene rings is 1. The Labute approximate surface area is 119 Å². The summed E-state index contributed by atoms with van der Waals surface area (Å²) in [6.45, 7) is 0. The quantitative estimate of drug-likeness (QED) is 0.887. The summed E-state index contributed by atoms with van der Waals surface area (Å²) in [5, 5.41) is 2.95. The third-order valence-electron chi connectivity index (χ3n) is 4.71. The molecule has 1 unspecified atom stereocenters. The topological polar surface area (TPSA) is 49.4 Å². The highest BCUT2D eigenvalue weighted by atomic mass is 16.2. The number of nitrogens with zero attached hydrogens (tertiary/aromatic N) is 1. The van der Waals surface area contributed by atoms with Crippen LogP contribution in [0.25, 0.3) is 0 Å². The van der Waals surface area contributed by atoms with E-state index < -0.39 is 11.6 Å². The van der Waals surface area contributed by atoms with Gasteiger partial charge < -0.3 is 10.2 Å². The van der Waals surface area contributed by atoms with Gasteiger partial charge in [-0.05, 0) is 18.4 Å². The van der Waals surface area contributed by atoms with Crippen molar-refractivity contribution in [3.8, 4) is 0 Å². The van der Waals surface area contributed by atoms with Crippen LogP contribution in [0.15, 0.2) is 30.3 Å². The molecule has 2 fully saturated rings. The lowest BCUT2D eigenvalue weighted by atomic mass is 9.89. The summed E-state index contributed by atoms with van der Waals surface area (Å²) in [5.41, 5.74) is 0.492. The Morgan fingerprint density at radius 1 is 1.20 bits per heavy atom. The molecule has 106 valence electrons. The average Bonchev–Trinajstić information content (AvgIpc) is 2.95. The van der Waals surface area contributed by atoms with E-state index in [1.165, 1.54) is 0 Å². The molecule has 0 bridgehead atoms. The molecule has 3 rings (SSSR count). The minimum atomic E-state index is -0.579. The van der Waals surface area contributed by atoms with Gasteiger partial charge in [-0.25, -0.2) is 0 Å². The number of piperazine rings is 1. The SMILES string of the molecule is CN1C(=O)C(Cc2ccccc2)NC(=O)C12CCCC2. The second kappa shape index (κ2) is 4.93. The van der Waals surface area contributed by atoms with E-state index in [1.54, 1.807) is 11.9 Å². The van der Waals surface area contributed by atoms with Crippen molar-refractivity contribution in [1.29, 1.82) is 0 Å². The van der Waals surface area contributed by atoms with Crippen LogP contribution in [0.4, 0.5) is 0 Å². The van der Waals surface area contributed by atoms with E-state index >= 15 is 0 Å². The second-order valence-corrected chi connectivity index (χ2v) is 5.85. The summed E-state index contributed by atoms with van der Waals surface area (Å²) < 4.78 is 0. The lowest BCUT2D eigenvalue weighted by molar-refractivity contribution is -0.155. The van der Waals surface area contributed by atoms with E-state index in [1.807, 2.05) is 30.3 Å². The van der Waals surface area contributed by atoms with Crippen molar-refractivity contribution in [2.75, 3.05) is 7.05 Å². The smallest absolute Gasteiger partial charge is 0.246 e. The monoisotopic (exact) mass is 272 g/mol. The first-order chi connectivity index (χ1) is 9.63. The Morgan fingerprint density at radius 3 is 2.50 bits per heavy atom. The van der Waals surface area contributed by atoms with Crippen LogP contribution < -0.4 is 5.32 Å². The lowest BCUT2D eigenvalue weighted by Gasteiger charge is -2.44. The van der Waals surface area contributed by atoms with E-state index in [9.17, 15) is 9.59 Å². The normalized spacial score (nSPS) is 25.1. The van der Waals surface area contributed by atoms with Crippen LogP contribution in [0.2, 0.25) is 0 Å². The predicted octanol–water partition coefficient (Wildman–Crippen LogP) is 1.50. The van der Waals surface area contributed by atoms with E-state index in [0.717, 1.165) is 31.2 Å². The number of carbonyl (C=O) groups excluding carboxylic acids is 2. The molecule has 1 saturated heterocycles. The maximum Gasteiger partial charge on any atom is 0.246 e. The molecule has 1 aliphatic carbocycles. The molecule has 1 atom stereocenters. The van der Waals surface area contributed by atoms with Crippen molar-refractivity contribution in [3.63, 3.8) is 0 Å². The Bertz CT molecular complexity index is 521. The molecule has 0 radical (unpaired) electrons. The summed E-state index contributed by atoms with van der Waals surface area (Å²) in [6.07, 6.45) is 4.19. The largest absolute Gasteiger partial charge is 0.342 e. The van der Waals surface area contributed by atoms with Crippen molar-refractivity contribution in [3.05, 3.63) is 35.9 Å². The Morgan fingerprint density at radius 2 is 1.85 bits per heavy atom. The maximum atomic E-state index is 12.5. The summed E-state index contributed by atoms with van der Waals surface area (Å²) in [6, 6.07) is 9.39. The van der Waals surface area contributed by atoms with E-state index in [4.69, 9.17) is 0 Å². The molecule has 2 aliphatic rings. The second-order valence-electron chi connectivity index (χ2n) is 5.85. The molecule has 1 spiro atoms. The minimum Gasteiger partial charge on any atom is -0.342 e. The molecule has 1 aromatic carbocycles. The van der Waals surface area contributed by atoms with Gasteiger partial charge >= 0.3 is 0 Å². The number of nitrogens with one attached hydrogen (secondary N) is 1. The molecule has 4 heteroatoms. The first-order valence-electron chi connectivity index (χ1n) is 7.26. The highest BCUT2D eigenvalue weighted by molar-refractivity contribution is 6.00. The predicted molar refractivity (Wildman–Crippen MR) is 76.0 cm³/mol. The first-order valence-corrected chi connectivity index (χ1v) is 7.26. The molecule has 4 nitrogen and oxygen atoms in total. The van der Waals surface area contributed by atoms with Crippen LogP contribution in [0.1, 0.15) is 31.2 Å². The maximum absolute atomic E-state index is 12.5. The minimum absolute atomic E-state index is 0.0260. The average molecular weight is 272 g/mol. The van der Waals surface area contributed by atoms with Crippen molar-refractivity contribution < 1.29 is 9.59 Å². The van der Waals surface area contributed by atoms with Gasteiger partial charge in [0.05, 0.1) is 0 Å². The summed E-state index contributed by atoms with van der Waals surface area (Å²) in [5.74, 6) is 0.0633. The Balaban J connectivity index is 1.80. The molecule has 1 N–H and O–H groups in total. The van der Waals surface area contributed by atoms with Gasteiger partial charge in [-0.2, -0.15) is 0 Å². The molecule has 1 aliphatic heterocycles. The van der Waals surface area contributed by atoms with Crippen LogP contribution >= 0.6 is 0 Å². The van der Waals surface area contributed by atoms with Gasteiger partial charge in [0, 0.05) is 13.5 Å². The number of carbonyl (C=O) groups is 2. The number of rotatable bonds is 2. The van der Waals surface area contributed by atoms with Gasteiger partial charge in [0.25, 0.3) is 0 Å². The fraction of sp³-hybridized carbons (Fsp3) is 0.500. The molecular formula is C16H20N2O2. The van der Waals surface area contributed by atoms with Crippen molar-refractivity contribution >= 4 is 11.8 Å². The highest BCUT2D eigenvalue weighted by Crippen LogP contribution is 2.37. The Hall–Kier alpha value is -1.84. The van der Waals surface area contributed by atoms with E-state index in [-0.39, 0.29) is 11.8 Å². The molecular weight excluding hydrogens is 252 g/mol. The van der Waals surface area contributed by atoms with Crippen molar-refractivity contribution in [2.24, 2.45) is 0 Å². The van der Waals surface area contributed by atoms with Gasteiger partial charge in [0.1, 0.15) is 11.6 Å². The molecule has 2 amide bonds. The van der Waals surface area contributed by atoms with E-state index in [2.05, 4.69) is 5.32 Å². The third-order valence-corrected chi connectivity index (χ3v) is 4.71. The van der Waals surface area contributed by atoms with Crippen LogP contribution in [-0.4, -0.2) is 35.3 Å². The van der Waals surface area contributed by atoms with Gasteiger partial charge in [0.2, 0.25) is 11.8 Å². The molecule has 1 saturated carbocycles. The zero-order valence-electron chi connectivity index (χ0n) is 11.8. The zero-order valence-corrected chi connectivity index (χ0v) is 11.8. The van der Waals surface area contributed by atoms with Crippen LogP contribution in [0, 0.1) is 0 Å². The number of likely N-dealkylation sites (N-methyl/N-ethyl adjacent to an activating group) is 1. The van der Waals surface area contributed by atoms with Crippen molar-refractivity contribution in [1.82, 2.24) is 10.2 Å². The van der Waals surface area contributed by atoms with Crippen LogP contribution in [-0.2, 0) is 16.0 Å². The molecule has 20 heavy (non-hydrogen) atoms. The zero-order chi connectivity index (χ0) is 14.2. The lowest BCUT2D eigenvalue weighted by Crippen LogP contribution is -2.68. The standard InChI is InChI=1S/C16H20N2O2/c1-18-14(19)13(11-12-7-3-2-4-8-12)17-15(20)16(18)9-5-6-10-16/h2-4,7-8,13H,5-6,9-11H2,1H3,(H,17,20). The summed E-state index contributed by atoms with van der Waals surface area (Å²) in [7, 11) is 1.78. The Kier molecular flexibility index (Phi) is 3.24. The molecule has 0 aromatic heterocycles. The fourth-order valence-corrected chi connectivity index (χ4v) is 3.46. The molecule has 1 aromatic rings. The number of hydrogen-bond donors (Lipinski definition) is 1. The van der Waals surface area contributed by atoms with Gasteiger partial charge in [0.15, 0.2) is 0 Å². The number of hydrogen-bond acceptors (Lipinski definition) is 2. The summed E-state index contributed by atoms with van der Waals surface area (Å²) >= 11 is 0. The fourth-order valence-electron chi connectivity index (χ4n) is 3.46.